The summed E-state index contributed by atoms with van der Waals surface area (Å²) in [6.45, 7) is 4.22. The molecule has 3 rings (SSSR count). The Kier molecular flexibility index (Phi) is 4.18. The molecule has 4 nitrogen and oxygen atoms in total. The number of nitrogens with zero attached hydrogens (tertiary/aromatic N) is 2. The fourth-order valence-electron chi connectivity index (χ4n) is 3.26. The van der Waals surface area contributed by atoms with Crippen LogP contribution in [0.3, 0.4) is 0 Å². The molecule has 1 aromatic carbocycles. The van der Waals surface area contributed by atoms with Gasteiger partial charge in [-0.15, -0.1) is 0 Å². The van der Waals surface area contributed by atoms with E-state index in [4.69, 9.17) is 0 Å². The molecule has 1 N–H and O–H groups in total. The van der Waals surface area contributed by atoms with Gasteiger partial charge in [-0.3, -0.25) is 9.78 Å². The monoisotopic (exact) mass is 310 g/mol. The second kappa shape index (κ2) is 6.13. The minimum atomic E-state index is -0.892. The van der Waals surface area contributed by atoms with E-state index in [1.54, 1.807) is 31.1 Å². The van der Waals surface area contributed by atoms with Gasteiger partial charge in [0, 0.05) is 24.5 Å². The first kappa shape index (κ1) is 15.7. The second-order valence-electron chi connectivity index (χ2n) is 6.64. The fraction of sp³-hybridized carbons (Fsp3) is 0.368. The van der Waals surface area contributed by atoms with E-state index in [-0.39, 0.29) is 11.9 Å². The molecule has 0 unspecified atom stereocenters. The summed E-state index contributed by atoms with van der Waals surface area (Å²) in [5, 5.41) is 10.3. The Balaban J connectivity index is 1.89. The lowest BCUT2D eigenvalue weighted by molar-refractivity contribution is 0.000322. The molecule has 1 aromatic heterocycles. The van der Waals surface area contributed by atoms with Crippen LogP contribution in [0.2, 0.25) is 0 Å². The van der Waals surface area contributed by atoms with E-state index in [9.17, 15) is 9.90 Å². The van der Waals surface area contributed by atoms with Crippen molar-refractivity contribution in [3.63, 3.8) is 0 Å². The Bertz CT molecular complexity index is 692. The highest BCUT2D eigenvalue weighted by Crippen LogP contribution is 2.29. The van der Waals surface area contributed by atoms with Crippen molar-refractivity contribution in [2.24, 2.45) is 0 Å². The third-order valence-electron chi connectivity index (χ3n) is 4.42. The second-order valence-corrected chi connectivity index (χ2v) is 6.64. The largest absolute Gasteiger partial charge is 0.388 e. The van der Waals surface area contributed by atoms with Gasteiger partial charge in [-0.25, -0.2) is 0 Å². The van der Waals surface area contributed by atoms with Crippen molar-refractivity contribution in [3.8, 4) is 11.1 Å². The maximum absolute atomic E-state index is 12.9. The topological polar surface area (TPSA) is 53.4 Å². The van der Waals surface area contributed by atoms with Gasteiger partial charge in [0.2, 0.25) is 0 Å². The van der Waals surface area contributed by atoms with Gasteiger partial charge in [-0.1, -0.05) is 30.3 Å². The predicted molar refractivity (Wildman–Crippen MR) is 90.0 cm³/mol. The number of hydrogen-bond donors (Lipinski definition) is 1. The number of pyridine rings is 1. The van der Waals surface area contributed by atoms with E-state index in [1.807, 2.05) is 36.4 Å². The van der Waals surface area contributed by atoms with E-state index in [0.29, 0.717) is 12.1 Å². The highest BCUT2D eigenvalue weighted by Gasteiger charge is 2.38. The number of amides is 1. The predicted octanol–water partition coefficient (Wildman–Crippen LogP) is 3.12. The van der Waals surface area contributed by atoms with Gasteiger partial charge in [-0.2, -0.15) is 0 Å². The Labute approximate surface area is 136 Å². The summed E-state index contributed by atoms with van der Waals surface area (Å²) in [7, 11) is 0. The average Bonchev–Trinajstić information content (AvgIpc) is 3.05. The Morgan fingerprint density at radius 2 is 1.96 bits per heavy atom. The Hall–Kier alpha value is -2.20. The normalized spacial score (nSPS) is 18.2. The molecule has 1 fully saturated rings. The van der Waals surface area contributed by atoms with Gasteiger partial charge in [-0.05, 0) is 38.3 Å². The number of aliphatic hydroxyl groups is 1. The minimum Gasteiger partial charge on any atom is -0.388 e. The summed E-state index contributed by atoms with van der Waals surface area (Å²) in [5.74, 6) is -0.0556. The quantitative estimate of drug-likeness (QED) is 0.947. The van der Waals surface area contributed by atoms with Crippen LogP contribution < -0.4 is 0 Å². The summed E-state index contributed by atoms with van der Waals surface area (Å²) in [6, 6.07) is 11.6. The first-order valence-electron chi connectivity index (χ1n) is 8.00. The first-order valence-corrected chi connectivity index (χ1v) is 8.00. The van der Waals surface area contributed by atoms with Gasteiger partial charge in [0.25, 0.3) is 5.91 Å². The highest BCUT2D eigenvalue weighted by molar-refractivity contribution is 5.95. The molecule has 0 aliphatic carbocycles. The zero-order chi connectivity index (χ0) is 16.4. The lowest BCUT2D eigenvalue weighted by Crippen LogP contribution is -2.48. The number of benzene rings is 1. The smallest absolute Gasteiger partial charge is 0.255 e. The van der Waals surface area contributed by atoms with Crippen LogP contribution in [0.4, 0.5) is 0 Å². The van der Waals surface area contributed by atoms with Gasteiger partial charge in [0.15, 0.2) is 0 Å². The standard InChI is InChI=1S/C19H22N2O2/c1-19(2,23)17-9-6-10-21(17)18(22)16-11-15(12-20-13-16)14-7-4-3-5-8-14/h3-5,7-8,11-13,17,23H,6,9-10H2,1-2H3/t17-/m1/s1. The number of likely N-dealkylation sites (tertiary alicyclic amines) is 1. The van der Waals surface area contributed by atoms with Crippen LogP contribution in [-0.4, -0.2) is 39.1 Å². The van der Waals surface area contributed by atoms with Crippen molar-refractivity contribution in [3.05, 3.63) is 54.4 Å². The summed E-state index contributed by atoms with van der Waals surface area (Å²) in [6.07, 6.45) is 5.13. The molecule has 1 amide bonds. The molecule has 0 spiro atoms. The van der Waals surface area contributed by atoms with Gasteiger partial charge in [0.1, 0.15) is 0 Å². The van der Waals surface area contributed by atoms with Crippen molar-refractivity contribution in [1.82, 2.24) is 9.88 Å². The molecule has 0 saturated carbocycles. The summed E-state index contributed by atoms with van der Waals surface area (Å²) in [4.78, 5) is 18.9. The average molecular weight is 310 g/mol. The van der Waals surface area contributed by atoms with Crippen LogP contribution in [0, 0.1) is 0 Å². The van der Waals surface area contributed by atoms with E-state index < -0.39 is 5.60 Å². The summed E-state index contributed by atoms with van der Waals surface area (Å²) >= 11 is 0. The molecule has 23 heavy (non-hydrogen) atoms. The van der Waals surface area contributed by atoms with Gasteiger partial charge >= 0.3 is 0 Å². The molecule has 2 heterocycles. The lowest BCUT2D eigenvalue weighted by Gasteiger charge is -2.33. The minimum absolute atomic E-state index is 0.0556. The van der Waals surface area contributed by atoms with E-state index in [0.717, 1.165) is 24.0 Å². The number of hydrogen-bond acceptors (Lipinski definition) is 3. The van der Waals surface area contributed by atoms with Gasteiger partial charge in [0.05, 0.1) is 17.2 Å². The SMILES string of the molecule is CC(C)(O)[C@H]1CCCN1C(=O)c1cncc(-c2ccccc2)c1. The van der Waals surface area contributed by atoms with Crippen molar-refractivity contribution in [1.29, 1.82) is 0 Å². The lowest BCUT2D eigenvalue weighted by atomic mass is 9.96. The first-order chi connectivity index (χ1) is 11.0. The highest BCUT2D eigenvalue weighted by atomic mass is 16.3. The summed E-state index contributed by atoms with van der Waals surface area (Å²) < 4.78 is 0. The van der Waals surface area contributed by atoms with Crippen LogP contribution >= 0.6 is 0 Å². The molecular formula is C19H22N2O2. The number of carbonyl (C=O) groups is 1. The van der Waals surface area contributed by atoms with Crippen molar-refractivity contribution in [2.75, 3.05) is 6.54 Å². The molecule has 1 atom stereocenters. The zero-order valence-electron chi connectivity index (χ0n) is 13.6. The Morgan fingerprint density at radius 3 is 2.65 bits per heavy atom. The molecule has 1 saturated heterocycles. The van der Waals surface area contributed by atoms with Gasteiger partial charge < -0.3 is 10.0 Å². The van der Waals surface area contributed by atoms with E-state index in [2.05, 4.69) is 4.98 Å². The fourth-order valence-corrected chi connectivity index (χ4v) is 3.26. The Morgan fingerprint density at radius 1 is 1.22 bits per heavy atom. The summed E-state index contributed by atoms with van der Waals surface area (Å²) in [5.41, 5.74) is 1.64. The van der Waals surface area contributed by atoms with Crippen LogP contribution in [0.5, 0.6) is 0 Å². The number of carbonyl (C=O) groups excluding carboxylic acids is 1. The maximum Gasteiger partial charge on any atom is 0.255 e. The van der Waals surface area contributed by atoms with Crippen molar-refractivity contribution >= 4 is 5.91 Å². The zero-order valence-corrected chi connectivity index (χ0v) is 13.6. The molecule has 2 aromatic rings. The molecule has 4 heteroatoms. The van der Waals surface area contributed by atoms with Crippen molar-refractivity contribution in [2.45, 2.75) is 38.3 Å². The molecule has 0 bridgehead atoms. The molecule has 1 aliphatic heterocycles. The molecule has 120 valence electrons. The third kappa shape index (κ3) is 3.27. The maximum atomic E-state index is 12.9. The van der Waals surface area contributed by atoms with Crippen LogP contribution in [0.1, 0.15) is 37.0 Å². The molecular weight excluding hydrogens is 288 g/mol. The van der Waals surface area contributed by atoms with E-state index >= 15 is 0 Å². The third-order valence-corrected chi connectivity index (χ3v) is 4.42. The van der Waals surface area contributed by atoms with Crippen LogP contribution in [0.15, 0.2) is 48.8 Å². The van der Waals surface area contributed by atoms with Crippen molar-refractivity contribution < 1.29 is 9.90 Å². The molecule has 1 aliphatic rings. The molecule has 0 radical (unpaired) electrons. The van der Waals surface area contributed by atoms with Crippen LogP contribution in [0.25, 0.3) is 11.1 Å². The number of aromatic nitrogens is 1. The van der Waals surface area contributed by atoms with Crippen LogP contribution in [-0.2, 0) is 0 Å². The van der Waals surface area contributed by atoms with E-state index in [1.165, 1.54) is 0 Å². The number of rotatable bonds is 3.